The Labute approximate surface area is 128 Å². The predicted molar refractivity (Wildman–Crippen MR) is 79.4 cm³/mol. The molecular weight excluding hydrogens is 302 g/mol. The number of piperidine rings is 1. The first-order valence-corrected chi connectivity index (χ1v) is 6.68. The summed E-state index contributed by atoms with van der Waals surface area (Å²) in [5.41, 5.74) is 0.434. The van der Waals surface area contributed by atoms with Crippen molar-refractivity contribution in [1.82, 2.24) is 5.32 Å². The summed E-state index contributed by atoms with van der Waals surface area (Å²) in [7, 11) is 0. The zero-order valence-electron chi connectivity index (χ0n) is 11.5. The van der Waals surface area contributed by atoms with Crippen molar-refractivity contribution in [3.8, 4) is 5.75 Å². The summed E-state index contributed by atoms with van der Waals surface area (Å²) in [6, 6.07) is 6.62. The lowest BCUT2D eigenvalue weighted by Gasteiger charge is -2.22. The highest BCUT2D eigenvalue weighted by Gasteiger charge is 2.21. The zero-order chi connectivity index (χ0) is 14.4. The van der Waals surface area contributed by atoms with Gasteiger partial charge in [0.25, 0.3) is 6.43 Å². The van der Waals surface area contributed by atoms with E-state index in [-0.39, 0.29) is 30.0 Å². The standard InChI is InChI=1S/C14H18F2N2O2.ClH/c15-13(16)9-20-12-6-2-1-5-11(12)18-14(19)10-4-3-7-17-8-10;/h1-2,5-6,10,13,17H,3-4,7-9H2,(H,18,19);1H. The maximum atomic E-state index is 12.2. The number of anilines is 1. The molecule has 1 aliphatic heterocycles. The molecule has 1 aromatic carbocycles. The van der Waals surface area contributed by atoms with E-state index in [9.17, 15) is 13.6 Å². The number of ether oxygens (including phenoxy) is 1. The molecule has 0 radical (unpaired) electrons. The number of rotatable bonds is 5. The molecule has 1 amide bonds. The Morgan fingerprint density at radius 2 is 2.19 bits per heavy atom. The van der Waals surface area contributed by atoms with Crippen LogP contribution in [-0.4, -0.2) is 32.0 Å². The van der Waals surface area contributed by atoms with Crippen LogP contribution in [0, 0.1) is 5.92 Å². The van der Waals surface area contributed by atoms with Gasteiger partial charge >= 0.3 is 0 Å². The van der Waals surface area contributed by atoms with Gasteiger partial charge < -0.3 is 15.4 Å². The molecule has 0 aliphatic carbocycles. The van der Waals surface area contributed by atoms with Crippen LogP contribution in [0.4, 0.5) is 14.5 Å². The van der Waals surface area contributed by atoms with E-state index in [0.29, 0.717) is 12.2 Å². The van der Waals surface area contributed by atoms with Gasteiger partial charge in [-0.2, -0.15) is 0 Å². The quantitative estimate of drug-likeness (QED) is 0.877. The van der Waals surface area contributed by atoms with Crippen LogP contribution in [0.1, 0.15) is 12.8 Å². The molecule has 21 heavy (non-hydrogen) atoms. The minimum atomic E-state index is -2.54. The molecule has 1 heterocycles. The fourth-order valence-electron chi connectivity index (χ4n) is 2.16. The van der Waals surface area contributed by atoms with Gasteiger partial charge in [-0.3, -0.25) is 4.79 Å². The summed E-state index contributed by atoms with van der Waals surface area (Å²) in [5, 5.41) is 5.92. The van der Waals surface area contributed by atoms with Gasteiger partial charge in [0.05, 0.1) is 11.6 Å². The lowest BCUT2D eigenvalue weighted by molar-refractivity contribution is -0.120. The molecule has 1 aromatic rings. The molecule has 1 atom stereocenters. The average Bonchev–Trinajstić information content (AvgIpc) is 2.47. The lowest BCUT2D eigenvalue weighted by atomic mass is 9.99. The number of halogens is 3. The Balaban J connectivity index is 0.00000220. The molecule has 2 N–H and O–H groups in total. The minimum Gasteiger partial charge on any atom is -0.485 e. The van der Waals surface area contributed by atoms with Crippen molar-refractivity contribution in [3.63, 3.8) is 0 Å². The molecule has 0 bridgehead atoms. The molecule has 1 saturated heterocycles. The number of hydrogen-bond acceptors (Lipinski definition) is 3. The molecule has 1 unspecified atom stereocenters. The van der Waals surface area contributed by atoms with E-state index in [1.165, 1.54) is 0 Å². The van der Waals surface area contributed by atoms with E-state index in [1.807, 2.05) is 0 Å². The number of para-hydroxylation sites is 2. The number of amides is 1. The van der Waals surface area contributed by atoms with E-state index < -0.39 is 13.0 Å². The molecule has 0 saturated carbocycles. The topological polar surface area (TPSA) is 50.4 Å². The fourth-order valence-corrected chi connectivity index (χ4v) is 2.16. The number of alkyl halides is 2. The Morgan fingerprint density at radius 3 is 2.86 bits per heavy atom. The molecule has 7 heteroatoms. The van der Waals surface area contributed by atoms with Crippen LogP contribution in [0.3, 0.4) is 0 Å². The second kappa shape index (κ2) is 8.79. The van der Waals surface area contributed by atoms with Gasteiger partial charge in [-0.1, -0.05) is 12.1 Å². The van der Waals surface area contributed by atoms with Crippen LogP contribution in [0.2, 0.25) is 0 Å². The third-order valence-electron chi connectivity index (χ3n) is 3.18. The van der Waals surface area contributed by atoms with Gasteiger partial charge in [-0.15, -0.1) is 12.4 Å². The maximum absolute atomic E-state index is 12.2. The second-order valence-corrected chi connectivity index (χ2v) is 4.73. The summed E-state index contributed by atoms with van der Waals surface area (Å²) < 4.78 is 29.4. The lowest BCUT2D eigenvalue weighted by Crippen LogP contribution is -2.37. The first-order valence-electron chi connectivity index (χ1n) is 6.68. The minimum absolute atomic E-state index is 0. The van der Waals surface area contributed by atoms with Gasteiger partial charge in [-0.25, -0.2) is 8.78 Å². The van der Waals surface area contributed by atoms with Crippen molar-refractivity contribution in [1.29, 1.82) is 0 Å². The molecule has 0 spiro atoms. The predicted octanol–water partition coefficient (Wildman–Crippen LogP) is 2.69. The first kappa shape index (κ1) is 17.7. The summed E-state index contributed by atoms with van der Waals surface area (Å²) in [6.45, 7) is 0.891. The highest BCUT2D eigenvalue weighted by molar-refractivity contribution is 5.94. The highest BCUT2D eigenvalue weighted by atomic mass is 35.5. The van der Waals surface area contributed by atoms with Crippen molar-refractivity contribution in [2.45, 2.75) is 19.3 Å². The zero-order valence-corrected chi connectivity index (χ0v) is 12.3. The summed E-state index contributed by atoms with van der Waals surface area (Å²) >= 11 is 0. The van der Waals surface area contributed by atoms with Crippen molar-refractivity contribution < 1.29 is 18.3 Å². The molecule has 1 fully saturated rings. The monoisotopic (exact) mass is 320 g/mol. The number of benzene rings is 1. The van der Waals surface area contributed by atoms with E-state index >= 15 is 0 Å². The van der Waals surface area contributed by atoms with Crippen molar-refractivity contribution in [2.24, 2.45) is 5.92 Å². The van der Waals surface area contributed by atoms with Crippen LogP contribution in [-0.2, 0) is 4.79 Å². The number of carbonyl (C=O) groups excluding carboxylic acids is 1. The van der Waals surface area contributed by atoms with Crippen molar-refractivity contribution >= 4 is 24.0 Å². The fraction of sp³-hybridized carbons (Fsp3) is 0.500. The molecule has 2 rings (SSSR count). The van der Waals surface area contributed by atoms with Crippen LogP contribution in [0.15, 0.2) is 24.3 Å². The summed E-state index contributed by atoms with van der Waals surface area (Å²) in [4.78, 5) is 12.1. The Hall–Kier alpha value is -1.40. The summed E-state index contributed by atoms with van der Waals surface area (Å²) in [5.74, 6) is 0.0714. The Bertz CT molecular complexity index is 454. The molecule has 118 valence electrons. The Kier molecular flexibility index (Phi) is 7.39. The Morgan fingerprint density at radius 1 is 1.43 bits per heavy atom. The van der Waals surface area contributed by atoms with E-state index in [4.69, 9.17) is 4.74 Å². The number of nitrogens with one attached hydrogen (secondary N) is 2. The van der Waals surface area contributed by atoms with Gasteiger partial charge in [0, 0.05) is 6.54 Å². The molecule has 0 aromatic heterocycles. The number of carbonyl (C=O) groups is 1. The molecule has 4 nitrogen and oxygen atoms in total. The van der Waals surface area contributed by atoms with Gasteiger partial charge in [0.2, 0.25) is 5.91 Å². The summed E-state index contributed by atoms with van der Waals surface area (Å²) in [6.07, 6.45) is -0.748. The van der Waals surface area contributed by atoms with Crippen molar-refractivity contribution in [3.05, 3.63) is 24.3 Å². The van der Waals surface area contributed by atoms with E-state index in [1.54, 1.807) is 24.3 Å². The SMILES string of the molecule is Cl.O=C(Nc1ccccc1OCC(F)F)C1CCCNC1. The first-order chi connectivity index (χ1) is 9.66. The largest absolute Gasteiger partial charge is 0.485 e. The maximum Gasteiger partial charge on any atom is 0.272 e. The van der Waals surface area contributed by atoms with Gasteiger partial charge in [0.1, 0.15) is 12.4 Å². The van der Waals surface area contributed by atoms with Gasteiger partial charge in [0.15, 0.2) is 0 Å². The van der Waals surface area contributed by atoms with Crippen LogP contribution in [0.5, 0.6) is 5.75 Å². The highest BCUT2D eigenvalue weighted by Crippen LogP contribution is 2.25. The van der Waals surface area contributed by atoms with Crippen LogP contribution < -0.4 is 15.4 Å². The normalized spacial score (nSPS) is 18.0. The third-order valence-corrected chi connectivity index (χ3v) is 3.18. The van der Waals surface area contributed by atoms with Gasteiger partial charge in [-0.05, 0) is 31.5 Å². The molecular formula is C14H19ClF2N2O2. The van der Waals surface area contributed by atoms with Crippen LogP contribution in [0.25, 0.3) is 0 Å². The third kappa shape index (κ3) is 5.47. The second-order valence-electron chi connectivity index (χ2n) is 4.73. The van der Waals surface area contributed by atoms with Crippen LogP contribution >= 0.6 is 12.4 Å². The number of hydrogen-bond donors (Lipinski definition) is 2. The molecule has 1 aliphatic rings. The smallest absolute Gasteiger partial charge is 0.272 e. The average molecular weight is 321 g/mol. The van der Waals surface area contributed by atoms with E-state index in [0.717, 1.165) is 19.4 Å². The van der Waals surface area contributed by atoms with E-state index in [2.05, 4.69) is 10.6 Å². The van der Waals surface area contributed by atoms with Crippen molar-refractivity contribution in [2.75, 3.05) is 25.0 Å².